The average molecular weight is 256 g/mol. The highest BCUT2D eigenvalue weighted by molar-refractivity contribution is 7.96. The summed E-state index contributed by atoms with van der Waals surface area (Å²) in [6.45, 7) is 1.30. The van der Waals surface area contributed by atoms with Crippen LogP contribution in [-0.4, -0.2) is 29.9 Å². The number of oxime groups is 1. The second kappa shape index (κ2) is 6.39. The van der Waals surface area contributed by atoms with Crippen LogP contribution in [0.25, 0.3) is 0 Å². The molecule has 1 aromatic carbocycles. The summed E-state index contributed by atoms with van der Waals surface area (Å²) in [5, 5.41) is 3.81. The van der Waals surface area contributed by atoms with E-state index in [0.29, 0.717) is 11.5 Å². The van der Waals surface area contributed by atoms with Crippen molar-refractivity contribution in [3.8, 4) is 0 Å². The molecule has 17 heavy (non-hydrogen) atoms. The van der Waals surface area contributed by atoms with Crippen molar-refractivity contribution in [1.82, 2.24) is 0 Å². The molecule has 0 aliphatic carbocycles. The lowest BCUT2D eigenvalue weighted by Crippen LogP contribution is -2.16. The lowest BCUT2D eigenvalue weighted by molar-refractivity contribution is -0.140. The van der Waals surface area contributed by atoms with Gasteiger partial charge in [0.25, 0.3) is 0 Å². The van der Waals surface area contributed by atoms with Gasteiger partial charge in [-0.25, -0.2) is 9.18 Å². The highest BCUT2D eigenvalue weighted by Crippen LogP contribution is 2.07. The summed E-state index contributed by atoms with van der Waals surface area (Å²) in [6.07, 6.45) is 4.12. The molecular formula is C12H15FNO2S+. The van der Waals surface area contributed by atoms with Gasteiger partial charge in [-0.1, -0.05) is 5.16 Å². The fourth-order valence-electron chi connectivity index (χ4n) is 1.20. The Balaban J connectivity index is 2.93. The molecule has 0 saturated heterocycles. The normalized spacial score (nSPS) is 11.7. The molecule has 1 aromatic rings. The van der Waals surface area contributed by atoms with Crippen LogP contribution >= 0.6 is 0 Å². The fourth-order valence-corrected chi connectivity index (χ4v) is 1.96. The molecular weight excluding hydrogens is 241 g/mol. The van der Waals surface area contributed by atoms with Crippen LogP contribution in [0.1, 0.15) is 12.5 Å². The third kappa shape index (κ3) is 4.99. The molecule has 1 rings (SSSR count). The molecule has 0 bridgehead atoms. The first kappa shape index (κ1) is 13.7. The maximum absolute atomic E-state index is 12.8. The Kier molecular flexibility index (Phi) is 5.15. The zero-order valence-corrected chi connectivity index (χ0v) is 10.9. The predicted octanol–water partition coefficient (Wildman–Crippen LogP) is 1.97. The van der Waals surface area contributed by atoms with Crippen LogP contribution in [0.3, 0.4) is 0 Å². The van der Waals surface area contributed by atoms with Gasteiger partial charge >= 0.3 is 5.97 Å². The highest BCUT2D eigenvalue weighted by atomic mass is 32.2. The number of benzene rings is 1. The van der Waals surface area contributed by atoms with E-state index in [1.54, 1.807) is 12.1 Å². The van der Waals surface area contributed by atoms with Crippen molar-refractivity contribution >= 4 is 22.6 Å². The lowest BCUT2D eigenvalue weighted by Gasteiger charge is -2.03. The van der Waals surface area contributed by atoms with Crippen LogP contribution in [0.5, 0.6) is 0 Å². The Bertz CT molecular complexity index is 415. The van der Waals surface area contributed by atoms with Gasteiger partial charge in [0.15, 0.2) is 5.75 Å². The summed E-state index contributed by atoms with van der Waals surface area (Å²) < 4.78 is 12.8. The molecule has 0 atom stereocenters. The van der Waals surface area contributed by atoms with Gasteiger partial charge in [0.05, 0.1) is 12.5 Å². The van der Waals surface area contributed by atoms with Gasteiger partial charge in [0.2, 0.25) is 0 Å². The Hall–Kier alpha value is -1.36. The van der Waals surface area contributed by atoms with E-state index < -0.39 is 5.97 Å². The molecule has 92 valence electrons. The first-order valence-electron chi connectivity index (χ1n) is 5.03. The Morgan fingerprint density at radius 2 is 1.94 bits per heavy atom. The van der Waals surface area contributed by atoms with Crippen molar-refractivity contribution in [3.05, 3.63) is 35.6 Å². The monoisotopic (exact) mass is 256 g/mol. The summed E-state index contributed by atoms with van der Waals surface area (Å²) in [6, 6.07) is 5.99. The minimum absolute atomic E-state index is 0.118. The van der Waals surface area contributed by atoms with Gasteiger partial charge in [-0.2, -0.15) is 0 Å². The van der Waals surface area contributed by atoms with Gasteiger partial charge in [-0.15, -0.1) is 0 Å². The summed E-state index contributed by atoms with van der Waals surface area (Å²) >= 11 is 0. The second-order valence-electron chi connectivity index (χ2n) is 3.76. The van der Waals surface area contributed by atoms with Gasteiger partial charge in [0, 0.05) is 12.5 Å². The van der Waals surface area contributed by atoms with Crippen molar-refractivity contribution in [2.75, 3.05) is 18.3 Å². The molecule has 0 fully saturated rings. The van der Waals surface area contributed by atoms with Crippen LogP contribution in [0.15, 0.2) is 29.4 Å². The molecule has 0 heterocycles. The molecule has 0 aromatic heterocycles. The molecule has 0 aliphatic rings. The van der Waals surface area contributed by atoms with E-state index in [-0.39, 0.29) is 16.7 Å². The smallest absolute Gasteiger partial charge is 0.318 e. The second-order valence-corrected chi connectivity index (χ2v) is 6.02. The molecule has 0 saturated carbocycles. The Morgan fingerprint density at radius 3 is 2.41 bits per heavy atom. The number of hydrogen-bond acceptors (Lipinski definition) is 3. The van der Waals surface area contributed by atoms with Crippen LogP contribution < -0.4 is 0 Å². The van der Waals surface area contributed by atoms with Crippen LogP contribution in [-0.2, 0) is 20.5 Å². The quantitative estimate of drug-likeness (QED) is 0.357. The van der Waals surface area contributed by atoms with Crippen LogP contribution in [0.4, 0.5) is 4.39 Å². The average Bonchev–Trinajstić information content (AvgIpc) is 2.25. The Morgan fingerprint density at radius 1 is 1.35 bits per heavy atom. The van der Waals surface area contributed by atoms with E-state index in [1.807, 2.05) is 0 Å². The first-order valence-corrected chi connectivity index (χ1v) is 7.24. The van der Waals surface area contributed by atoms with E-state index in [2.05, 4.69) is 22.5 Å². The van der Waals surface area contributed by atoms with Crippen LogP contribution in [0.2, 0.25) is 0 Å². The van der Waals surface area contributed by atoms with Gasteiger partial charge < -0.3 is 4.84 Å². The summed E-state index contributed by atoms with van der Waals surface area (Å²) in [7, 11) is 0.118. The summed E-state index contributed by atoms with van der Waals surface area (Å²) in [5.41, 5.74) is 1.43. The van der Waals surface area contributed by atoms with Crippen molar-refractivity contribution in [1.29, 1.82) is 0 Å². The summed E-state index contributed by atoms with van der Waals surface area (Å²) in [4.78, 5) is 15.4. The largest absolute Gasteiger partial charge is 0.331 e. The molecule has 5 heteroatoms. The molecule has 0 radical (unpaired) electrons. The number of halogens is 1. The fraction of sp³-hybridized carbons (Fsp3) is 0.333. The third-order valence-electron chi connectivity index (χ3n) is 1.89. The topological polar surface area (TPSA) is 38.7 Å². The maximum atomic E-state index is 12.8. The molecule has 3 nitrogen and oxygen atoms in total. The number of hydrogen-bond donors (Lipinski definition) is 0. The molecule has 0 aliphatic heterocycles. The highest BCUT2D eigenvalue weighted by Gasteiger charge is 2.13. The summed E-state index contributed by atoms with van der Waals surface area (Å²) in [5.74, 6) is -0.0666. The SMILES string of the molecule is CC(=O)ON=C(C[S+](C)C)c1ccc(F)cc1. The number of carbonyl (C=O) groups excluding carboxylic acids is 1. The van der Waals surface area contributed by atoms with Crippen molar-refractivity contribution in [2.24, 2.45) is 5.16 Å². The lowest BCUT2D eigenvalue weighted by atomic mass is 10.1. The Labute approximate surface area is 103 Å². The number of carbonyl (C=O) groups is 1. The van der Waals surface area contributed by atoms with E-state index >= 15 is 0 Å². The molecule has 0 spiro atoms. The van der Waals surface area contributed by atoms with E-state index in [1.165, 1.54) is 19.1 Å². The van der Waals surface area contributed by atoms with Crippen LogP contribution in [0, 0.1) is 5.82 Å². The third-order valence-corrected chi connectivity index (χ3v) is 2.74. The molecule has 0 amide bonds. The molecule has 0 N–H and O–H groups in total. The van der Waals surface area contributed by atoms with Crippen molar-refractivity contribution in [3.63, 3.8) is 0 Å². The minimum atomic E-state index is -0.461. The zero-order chi connectivity index (χ0) is 12.8. The maximum Gasteiger partial charge on any atom is 0.331 e. The predicted molar refractivity (Wildman–Crippen MR) is 68.8 cm³/mol. The number of nitrogens with zero attached hydrogens (tertiary/aromatic N) is 1. The minimum Gasteiger partial charge on any atom is -0.318 e. The van der Waals surface area contributed by atoms with E-state index in [4.69, 9.17) is 0 Å². The molecule has 0 unspecified atom stereocenters. The first-order chi connectivity index (χ1) is 7.99. The van der Waals surface area contributed by atoms with E-state index in [9.17, 15) is 9.18 Å². The van der Waals surface area contributed by atoms with Crippen molar-refractivity contribution < 1.29 is 14.0 Å². The standard InChI is InChI=1S/C12H15FNO2S/c1-9(15)16-14-12(8-17(2)3)10-4-6-11(13)7-5-10/h4-7H,8H2,1-3H3/q+1. The van der Waals surface area contributed by atoms with Gasteiger partial charge in [-0.3, -0.25) is 0 Å². The zero-order valence-electron chi connectivity index (χ0n) is 10.1. The van der Waals surface area contributed by atoms with E-state index in [0.717, 1.165) is 5.56 Å². The van der Waals surface area contributed by atoms with Gasteiger partial charge in [-0.05, 0) is 35.2 Å². The van der Waals surface area contributed by atoms with Crippen molar-refractivity contribution in [2.45, 2.75) is 6.92 Å². The number of rotatable bonds is 4. The van der Waals surface area contributed by atoms with Gasteiger partial charge in [0.1, 0.15) is 11.5 Å².